The average Bonchev–Trinajstić information content (AvgIpc) is 2.91. The molecule has 1 aromatic carbocycles. The number of ether oxygens (including phenoxy) is 1. The summed E-state index contributed by atoms with van der Waals surface area (Å²) in [6, 6.07) is 2.81. The molecule has 1 aromatic rings. The van der Waals surface area contributed by atoms with E-state index in [1.807, 2.05) is 11.9 Å². The number of nitrogens with zero attached hydrogens (tertiary/aromatic N) is 2. The number of aliphatic hydroxyl groups is 1. The van der Waals surface area contributed by atoms with Crippen molar-refractivity contribution in [2.24, 2.45) is 0 Å². The van der Waals surface area contributed by atoms with Crippen molar-refractivity contribution in [1.29, 1.82) is 0 Å². The van der Waals surface area contributed by atoms with E-state index in [-0.39, 0.29) is 30.9 Å². The number of hydrogen-bond acceptors (Lipinski definition) is 6. The number of carbonyl (C=O) groups excluding carboxylic acids is 3. The number of fused-ring (bicyclic) bond motifs is 3. The second-order valence-corrected chi connectivity index (χ2v) is 6.64. The van der Waals surface area contributed by atoms with Crippen LogP contribution in [0, 0.1) is 0 Å². The summed E-state index contributed by atoms with van der Waals surface area (Å²) in [6.07, 6.45) is 0.264. The van der Waals surface area contributed by atoms with Crippen LogP contribution in [0.1, 0.15) is 28.8 Å². The minimum atomic E-state index is -0.631. The Morgan fingerprint density at radius 3 is 2.84 bits per heavy atom. The van der Waals surface area contributed by atoms with Gasteiger partial charge in [0.2, 0.25) is 11.8 Å². The maximum absolute atomic E-state index is 12.8. The van der Waals surface area contributed by atoms with E-state index >= 15 is 0 Å². The lowest BCUT2D eigenvalue weighted by atomic mass is 10.0. The van der Waals surface area contributed by atoms with Gasteiger partial charge in [-0.3, -0.25) is 19.7 Å². The van der Waals surface area contributed by atoms with Crippen LogP contribution in [-0.4, -0.2) is 60.1 Å². The highest BCUT2D eigenvalue weighted by Gasteiger charge is 2.41. The van der Waals surface area contributed by atoms with Crippen LogP contribution < -0.4 is 15.0 Å². The van der Waals surface area contributed by atoms with Gasteiger partial charge in [-0.25, -0.2) is 0 Å². The molecule has 2 atom stereocenters. The molecule has 3 aliphatic heterocycles. The summed E-state index contributed by atoms with van der Waals surface area (Å²) in [5.74, 6) is -0.295. The van der Waals surface area contributed by atoms with Gasteiger partial charge >= 0.3 is 0 Å². The lowest BCUT2D eigenvalue weighted by Gasteiger charge is -2.34. The zero-order valence-electron chi connectivity index (χ0n) is 13.8. The van der Waals surface area contributed by atoms with Crippen molar-refractivity contribution in [3.63, 3.8) is 0 Å². The number of likely N-dealkylation sites (N-methyl/N-ethyl adjacent to an activating group) is 1. The fraction of sp³-hybridized carbons (Fsp3) is 0.471. The number of anilines is 1. The zero-order valence-corrected chi connectivity index (χ0v) is 13.8. The van der Waals surface area contributed by atoms with Crippen molar-refractivity contribution < 1.29 is 24.2 Å². The average molecular weight is 345 g/mol. The van der Waals surface area contributed by atoms with Gasteiger partial charge in [-0.2, -0.15) is 0 Å². The number of imide groups is 1. The summed E-state index contributed by atoms with van der Waals surface area (Å²) >= 11 is 0. The molecular formula is C17H19N3O5. The second-order valence-electron chi connectivity index (χ2n) is 6.64. The van der Waals surface area contributed by atoms with Gasteiger partial charge in [-0.05, 0) is 18.6 Å². The fourth-order valence-corrected chi connectivity index (χ4v) is 3.83. The first kappa shape index (κ1) is 15.9. The van der Waals surface area contributed by atoms with Crippen molar-refractivity contribution in [2.45, 2.75) is 31.5 Å². The maximum atomic E-state index is 12.8. The molecule has 1 fully saturated rings. The Balaban J connectivity index is 1.67. The van der Waals surface area contributed by atoms with Crippen LogP contribution in [-0.2, 0) is 16.1 Å². The van der Waals surface area contributed by atoms with E-state index in [1.54, 1.807) is 12.1 Å². The molecule has 0 aromatic heterocycles. The smallest absolute Gasteiger partial charge is 0.255 e. The highest BCUT2D eigenvalue weighted by atomic mass is 16.5. The molecule has 0 bridgehead atoms. The third-order valence-corrected chi connectivity index (χ3v) is 5.01. The van der Waals surface area contributed by atoms with Crippen molar-refractivity contribution in [3.8, 4) is 5.75 Å². The Kier molecular flexibility index (Phi) is 3.64. The van der Waals surface area contributed by atoms with Crippen LogP contribution >= 0.6 is 0 Å². The molecule has 3 amide bonds. The van der Waals surface area contributed by atoms with Crippen LogP contribution in [0.25, 0.3) is 0 Å². The summed E-state index contributed by atoms with van der Waals surface area (Å²) < 4.78 is 5.78. The van der Waals surface area contributed by atoms with Crippen molar-refractivity contribution in [3.05, 3.63) is 23.3 Å². The molecule has 132 valence electrons. The molecule has 0 saturated carbocycles. The van der Waals surface area contributed by atoms with Crippen molar-refractivity contribution in [1.82, 2.24) is 10.2 Å². The minimum absolute atomic E-state index is 0.0812. The van der Waals surface area contributed by atoms with E-state index in [9.17, 15) is 19.5 Å². The Morgan fingerprint density at radius 1 is 1.32 bits per heavy atom. The van der Waals surface area contributed by atoms with Crippen LogP contribution in [0.15, 0.2) is 12.1 Å². The largest absolute Gasteiger partial charge is 0.484 e. The summed E-state index contributed by atoms with van der Waals surface area (Å²) in [5.41, 5.74) is 2.21. The van der Waals surface area contributed by atoms with Gasteiger partial charge in [-0.15, -0.1) is 0 Å². The molecule has 0 unspecified atom stereocenters. The maximum Gasteiger partial charge on any atom is 0.255 e. The quantitative estimate of drug-likeness (QED) is 0.710. The highest BCUT2D eigenvalue weighted by Crippen LogP contribution is 2.42. The summed E-state index contributed by atoms with van der Waals surface area (Å²) in [4.78, 5) is 39.8. The van der Waals surface area contributed by atoms with Gasteiger partial charge in [-0.1, -0.05) is 0 Å². The Hall–Kier alpha value is -2.61. The molecular weight excluding hydrogens is 326 g/mol. The van der Waals surface area contributed by atoms with Gasteiger partial charge < -0.3 is 19.6 Å². The van der Waals surface area contributed by atoms with E-state index in [2.05, 4.69) is 5.32 Å². The molecule has 0 aliphatic carbocycles. The third kappa shape index (κ3) is 2.44. The lowest BCUT2D eigenvalue weighted by Crippen LogP contribution is -2.52. The van der Waals surface area contributed by atoms with Gasteiger partial charge in [0.15, 0.2) is 0 Å². The van der Waals surface area contributed by atoms with E-state index < -0.39 is 11.9 Å². The molecule has 8 nitrogen and oxygen atoms in total. The molecule has 0 radical (unpaired) electrons. The predicted octanol–water partition coefficient (Wildman–Crippen LogP) is -0.363. The summed E-state index contributed by atoms with van der Waals surface area (Å²) in [5, 5.41) is 11.7. The molecule has 25 heavy (non-hydrogen) atoms. The molecule has 2 N–H and O–H groups in total. The third-order valence-electron chi connectivity index (χ3n) is 5.01. The standard InChI is InChI=1S/C17H19N3O5/c1-19-6-9(8-21)25-13-4-2-10-11(15(13)19)7-20(17(10)24)12-3-5-14(22)18-16(12)23/h2,4,9,12,21H,3,5-8H2,1H3,(H,18,22,23)/t9-,12-/m0/s1. The van der Waals surface area contributed by atoms with Gasteiger partial charge in [0.05, 0.1) is 18.8 Å². The molecule has 1 saturated heterocycles. The normalized spacial score (nSPS) is 25.4. The van der Waals surface area contributed by atoms with E-state index in [1.165, 1.54) is 4.90 Å². The Labute approximate surface area is 144 Å². The molecule has 3 aliphatic rings. The van der Waals surface area contributed by atoms with Crippen LogP contribution in [0.4, 0.5) is 5.69 Å². The van der Waals surface area contributed by atoms with Crippen LogP contribution in [0.3, 0.4) is 0 Å². The molecule has 3 heterocycles. The molecule has 8 heteroatoms. The Morgan fingerprint density at radius 2 is 2.12 bits per heavy atom. The number of piperidine rings is 1. The summed E-state index contributed by atoms with van der Waals surface area (Å²) in [6.45, 7) is 0.746. The monoisotopic (exact) mass is 345 g/mol. The molecule has 4 rings (SSSR count). The minimum Gasteiger partial charge on any atom is -0.484 e. The number of hydrogen-bond donors (Lipinski definition) is 2. The fourth-order valence-electron chi connectivity index (χ4n) is 3.83. The van der Waals surface area contributed by atoms with E-state index in [4.69, 9.17) is 4.74 Å². The Bertz CT molecular complexity index is 778. The highest BCUT2D eigenvalue weighted by molar-refractivity contribution is 6.06. The number of carbonyl (C=O) groups is 3. The summed E-state index contributed by atoms with van der Waals surface area (Å²) in [7, 11) is 1.89. The van der Waals surface area contributed by atoms with Gasteiger partial charge in [0.25, 0.3) is 5.91 Å². The van der Waals surface area contributed by atoms with E-state index in [0.29, 0.717) is 30.8 Å². The van der Waals surface area contributed by atoms with Crippen molar-refractivity contribution >= 4 is 23.4 Å². The predicted molar refractivity (Wildman–Crippen MR) is 87.3 cm³/mol. The first-order valence-electron chi connectivity index (χ1n) is 8.28. The topological polar surface area (TPSA) is 99.2 Å². The second kappa shape index (κ2) is 5.73. The van der Waals surface area contributed by atoms with Crippen molar-refractivity contribution in [2.75, 3.05) is 25.1 Å². The van der Waals surface area contributed by atoms with E-state index in [0.717, 1.165) is 11.3 Å². The number of amides is 3. The van der Waals surface area contributed by atoms with Crippen LogP contribution in [0.2, 0.25) is 0 Å². The first-order chi connectivity index (χ1) is 12.0. The van der Waals surface area contributed by atoms with Gasteiger partial charge in [0.1, 0.15) is 17.9 Å². The number of rotatable bonds is 2. The first-order valence-corrected chi connectivity index (χ1v) is 8.28. The zero-order chi connectivity index (χ0) is 17.7. The SMILES string of the molecule is CN1C[C@@H](CO)Oc2ccc3c(c21)CN([C@H]1CCC(=O)NC1=O)C3=O. The number of aliphatic hydroxyl groups excluding tert-OH is 1. The lowest BCUT2D eigenvalue weighted by molar-refractivity contribution is -0.136. The molecule has 0 spiro atoms. The number of benzene rings is 1. The number of nitrogens with one attached hydrogen (secondary N) is 1. The van der Waals surface area contributed by atoms with Crippen LogP contribution in [0.5, 0.6) is 5.75 Å². The van der Waals surface area contributed by atoms with Gasteiger partial charge in [0, 0.05) is 31.1 Å².